The van der Waals surface area contributed by atoms with E-state index in [1.54, 1.807) is 0 Å². The highest BCUT2D eigenvalue weighted by Gasteiger charge is 2.35. The van der Waals surface area contributed by atoms with Crippen molar-refractivity contribution < 1.29 is 4.57 Å². The molecular weight excluding hydrogens is 268 g/mol. The molecule has 0 saturated heterocycles. The van der Waals surface area contributed by atoms with Gasteiger partial charge in [-0.05, 0) is 18.2 Å². The van der Waals surface area contributed by atoms with Gasteiger partial charge in [0, 0.05) is 23.3 Å². The Kier molecular flexibility index (Phi) is 1.80. The van der Waals surface area contributed by atoms with Crippen LogP contribution < -0.4 is 4.57 Å². The van der Waals surface area contributed by atoms with E-state index in [4.69, 9.17) is 0 Å². The van der Waals surface area contributed by atoms with E-state index < -0.39 is 0 Å². The third-order valence-corrected chi connectivity index (χ3v) is 5.27. The van der Waals surface area contributed by atoms with Crippen molar-refractivity contribution in [3.05, 3.63) is 42.5 Å². The smallest absolute Gasteiger partial charge is 0.264 e. The second-order valence-electron chi connectivity index (χ2n) is 5.09. The van der Waals surface area contributed by atoms with E-state index in [0.29, 0.717) is 0 Å². The van der Waals surface area contributed by atoms with Crippen molar-refractivity contribution in [2.45, 2.75) is 6.54 Å². The summed E-state index contributed by atoms with van der Waals surface area (Å²) >= 11 is 1.83. The number of aromatic nitrogens is 4. The van der Waals surface area contributed by atoms with Crippen molar-refractivity contribution in [1.29, 1.82) is 0 Å². The summed E-state index contributed by atoms with van der Waals surface area (Å²) in [7, 11) is 2.14. The van der Waals surface area contributed by atoms with Crippen molar-refractivity contribution in [2.24, 2.45) is 7.05 Å². The molecule has 0 aromatic carbocycles. The molecule has 0 aliphatic carbocycles. The number of imidazole rings is 1. The van der Waals surface area contributed by atoms with Gasteiger partial charge >= 0.3 is 0 Å². The van der Waals surface area contributed by atoms with Crippen LogP contribution in [0, 0.1) is 0 Å². The van der Waals surface area contributed by atoms with E-state index in [-0.39, 0.29) is 0 Å². The molecule has 0 saturated carbocycles. The Labute approximate surface area is 119 Å². The third kappa shape index (κ3) is 1.10. The number of rotatable bonds is 0. The Morgan fingerprint density at radius 2 is 2.25 bits per heavy atom. The van der Waals surface area contributed by atoms with Crippen molar-refractivity contribution in [1.82, 2.24) is 14.5 Å². The van der Waals surface area contributed by atoms with Crippen molar-refractivity contribution in [2.75, 3.05) is 0 Å². The van der Waals surface area contributed by atoms with Gasteiger partial charge in [0.15, 0.2) is 5.52 Å². The second kappa shape index (κ2) is 3.43. The molecular formula is C15H11N4S+. The molecule has 0 fully saturated rings. The molecule has 96 valence electrons. The summed E-state index contributed by atoms with van der Waals surface area (Å²) in [6, 6.07) is 6.26. The van der Waals surface area contributed by atoms with Crippen LogP contribution in [0.2, 0.25) is 0 Å². The fourth-order valence-electron chi connectivity index (χ4n) is 3.18. The average molecular weight is 279 g/mol. The van der Waals surface area contributed by atoms with E-state index in [1.165, 1.54) is 31.8 Å². The Bertz CT molecular complexity index is 996. The molecule has 0 unspecified atom stereocenters. The zero-order valence-electron chi connectivity index (χ0n) is 10.9. The number of thiophene rings is 1. The van der Waals surface area contributed by atoms with Crippen molar-refractivity contribution in [3.8, 4) is 11.4 Å². The Hall–Kier alpha value is -2.27. The number of pyridine rings is 2. The lowest BCUT2D eigenvalue weighted by atomic mass is 10.2. The molecule has 4 nitrogen and oxygen atoms in total. The van der Waals surface area contributed by atoms with E-state index >= 15 is 0 Å². The summed E-state index contributed by atoms with van der Waals surface area (Å²) in [6.45, 7) is 0.851. The molecule has 5 rings (SSSR count). The Morgan fingerprint density at radius 3 is 3.20 bits per heavy atom. The van der Waals surface area contributed by atoms with Crippen LogP contribution >= 0.6 is 11.3 Å². The highest BCUT2D eigenvalue weighted by Crippen LogP contribution is 2.38. The van der Waals surface area contributed by atoms with Gasteiger partial charge < -0.3 is 0 Å². The van der Waals surface area contributed by atoms with Crippen LogP contribution in [0.25, 0.3) is 31.8 Å². The largest absolute Gasteiger partial charge is 0.292 e. The molecule has 4 aromatic heterocycles. The van der Waals surface area contributed by atoms with E-state index in [1.807, 2.05) is 36.0 Å². The van der Waals surface area contributed by atoms with Crippen LogP contribution in [0.4, 0.5) is 0 Å². The Morgan fingerprint density at radius 1 is 1.30 bits per heavy atom. The number of nitrogens with zero attached hydrogens (tertiary/aromatic N) is 4. The van der Waals surface area contributed by atoms with Crippen molar-refractivity contribution in [3.63, 3.8) is 0 Å². The quantitative estimate of drug-likeness (QED) is 0.408. The first kappa shape index (κ1) is 10.5. The van der Waals surface area contributed by atoms with Gasteiger partial charge in [0.25, 0.3) is 5.82 Å². The molecule has 0 bridgehead atoms. The molecule has 0 spiro atoms. The summed E-state index contributed by atoms with van der Waals surface area (Å²) in [4.78, 5) is 10.1. The SMILES string of the molecule is C[n+]1c2n(c3c4cnccc4sc31)Cc1ncccc1-2. The van der Waals surface area contributed by atoms with Gasteiger partial charge in [-0.15, -0.1) is 0 Å². The first-order valence-corrected chi connectivity index (χ1v) is 7.35. The van der Waals surface area contributed by atoms with E-state index in [2.05, 4.69) is 38.3 Å². The summed E-state index contributed by atoms with van der Waals surface area (Å²) in [5.74, 6) is 1.25. The van der Waals surface area contributed by atoms with Crippen LogP contribution in [0.5, 0.6) is 0 Å². The monoisotopic (exact) mass is 279 g/mol. The predicted octanol–water partition coefficient (Wildman–Crippen LogP) is 2.50. The lowest BCUT2D eigenvalue weighted by Crippen LogP contribution is -2.28. The minimum absolute atomic E-state index is 0.851. The van der Waals surface area contributed by atoms with Gasteiger partial charge in [0.05, 0.1) is 23.7 Å². The number of hydrogen-bond donors (Lipinski definition) is 0. The number of fused-ring (bicyclic) bond motifs is 7. The molecule has 0 radical (unpaired) electrons. The summed E-state index contributed by atoms with van der Waals surface area (Å²) in [6.07, 6.45) is 5.70. The molecule has 5 heterocycles. The van der Waals surface area contributed by atoms with Crippen LogP contribution in [-0.2, 0) is 13.6 Å². The van der Waals surface area contributed by atoms with Gasteiger partial charge in [-0.1, -0.05) is 11.3 Å². The topological polar surface area (TPSA) is 34.6 Å². The molecule has 5 heteroatoms. The maximum absolute atomic E-state index is 4.51. The molecule has 0 atom stereocenters. The highest BCUT2D eigenvalue weighted by molar-refractivity contribution is 7.25. The van der Waals surface area contributed by atoms with Gasteiger partial charge in [-0.2, -0.15) is 0 Å². The highest BCUT2D eigenvalue weighted by atomic mass is 32.1. The van der Waals surface area contributed by atoms with Gasteiger partial charge in [-0.3, -0.25) is 9.97 Å². The van der Waals surface area contributed by atoms with E-state index in [0.717, 1.165) is 12.2 Å². The standard InChI is InChI=1S/C15H11N4S/c1-18-14-9-3-2-5-17-11(9)8-19(14)13-10-7-16-6-4-12(10)20-15(13)18/h2-7H,8H2,1H3/q+1. The lowest BCUT2D eigenvalue weighted by Gasteiger charge is -1.93. The minimum atomic E-state index is 0.851. The van der Waals surface area contributed by atoms with E-state index in [9.17, 15) is 0 Å². The average Bonchev–Trinajstić information content (AvgIpc) is 3.10. The first-order valence-electron chi connectivity index (χ1n) is 6.53. The van der Waals surface area contributed by atoms with Crippen LogP contribution in [-0.4, -0.2) is 14.5 Å². The fraction of sp³-hybridized carbons (Fsp3) is 0.133. The lowest BCUT2D eigenvalue weighted by molar-refractivity contribution is -0.631. The second-order valence-corrected chi connectivity index (χ2v) is 6.12. The van der Waals surface area contributed by atoms with Crippen LogP contribution in [0.15, 0.2) is 36.8 Å². The van der Waals surface area contributed by atoms with Crippen LogP contribution in [0.1, 0.15) is 5.69 Å². The number of aryl methyl sites for hydroxylation is 1. The normalized spacial score (nSPS) is 13.1. The molecule has 4 aromatic rings. The maximum atomic E-state index is 4.51. The van der Waals surface area contributed by atoms with Crippen molar-refractivity contribution >= 4 is 31.8 Å². The number of hydrogen-bond acceptors (Lipinski definition) is 3. The van der Waals surface area contributed by atoms with Gasteiger partial charge in [-0.25, -0.2) is 9.13 Å². The zero-order valence-corrected chi connectivity index (χ0v) is 11.7. The minimum Gasteiger partial charge on any atom is -0.264 e. The fourth-order valence-corrected chi connectivity index (χ4v) is 4.32. The van der Waals surface area contributed by atoms with Gasteiger partial charge in [0.2, 0.25) is 4.83 Å². The summed E-state index contributed by atoms with van der Waals surface area (Å²) in [5.41, 5.74) is 3.69. The molecule has 1 aliphatic rings. The van der Waals surface area contributed by atoms with Crippen LogP contribution in [0.3, 0.4) is 0 Å². The summed E-state index contributed by atoms with van der Waals surface area (Å²) < 4.78 is 5.95. The Balaban J connectivity index is 1.99. The molecule has 20 heavy (non-hydrogen) atoms. The molecule has 1 aliphatic heterocycles. The molecule has 0 amide bonds. The maximum Gasteiger partial charge on any atom is 0.292 e. The zero-order chi connectivity index (χ0) is 13.3. The first-order chi connectivity index (χ1) is 9.84. The summed E-state index contributed by atoms with van der Waals surface area (Å²) in [5, 5.41) is 1.24. The third-order valence-electron chi connectivity index (χ3n) is 4.03. The molecule has 0 N–H and O–H groups in total. The predicted molar refractivity (Wildman–Crippen MR) is 78.6 cm³/mol. The van der Waals surface area contributed by atoms with Gasteiger partial charge in [0.1, 0.15) is 6.54 Å².